The number of likely N-dealkylation sites (N-methyl/N-ethyl adjacent to an activating group) is 1. The highest BCUT2D eigenvalue weighted by atomic mass is 16.5. The van der Waals surface area contributed by atoms with E-state index in [1.54, 1.807) is 7.05 Å². The van der Waals surface area contributed by atoms with Gasteiger partial charge in [-0.1, -0.05) is 0 Å². The van der Waals surface area contributed by atoms with Crippen LogP contribution in [0.1, 0.15) is 5.56 Å². The first-order chi connectivity index (χ1) is 10.7. The highest BCUT2D eigenvalue weighted by molar-refractivity contribution is 5.77. The number of ether oxygens (including phenoxy) is 1. The SMILES string of the molecule is CNC(=O)CN1CCO[C@@H]2CN(c3ccc(C#N)cc3)C[C@@H]21. The molecule has 1 N–H and O–H groups in total. The Balaban J connectivity index is 1.70. The van der Waals surface area contributed by atoms with Gasteiger partial charge in [-0.3, -0.25) is 9.69 Å². The molecule has 2 saturated heterocycles. The maximum atomic E-state index is 11.7. The van der Waals surface area contributed by atoms with Crippen molar-refractivity contribution in [3.63, 3.8) is 0 Å². The molecule has 3 rings (SSSR count). The molecule has 1 aromatic rings. The average molecular weight is 300 g/mol. The number of rotatable bonds is 3. The van der Waals surface area contributed by atoms with E-state index >= 15 is 0 Å². The van der Waals surface area contributed by atoms with Gasteiger partial charge < -0.3 is 15.0 Å². The van der Waals surface area contributed by atoms with Gasteiger partial charge in [0, 0.05) is 32.4 Å². The van der Waals surface area contributed by atoms with Gasteiger partial charge in [0.2, 0.25) is 5.91 Å². The lowest BCUT2D eigenvalue weighted by molar-refractivity contribution is -0.125. The second kappa shape index (κ2) is 6.34. The van der Waals surface area contributed by atoms with Crippen LogP contribution in [0.4, 0.5) is 5.69 Å². The Morgan fingerprint density at radius 1 is 1.41 bits per heavy atom. The molecule has 0 spiro atoms. The zero-order valence-corrected chi connectivity index (χ0v) is 12.7. The Morgan fingerprint density at radius 2 is 2.18 bits per heavy atom. The molecule has 6 heteroatoms. The summed E-state index contributed by atoms with van der Waals surface area (Å²) in [6.07, 6.45) is 0.133. The lowest BCUT2D eigenvalue weighted by Gasteiger charge is -2.35. The lowest BCUT2D eigenvalue weighted by atomic mass is 10.1. The van der Waals surface area contributed by atoms with E-state index in [-0.39, 0.29) is 18.1 Å². The molecule has 0 bridgehead atoms. The van der Waals surface area contributed by atoms with Gasteiger partial charge in [-0.25, -0.2) is 0 Å². The summed E-state index contributed by atoms with van der Waals surface area (Å²) in [5, 5.41) is 11.6. The van der Waals surface area contributed by atoms with E-state index < -0.39 is 0 Å². The molecule has 0 aromatic heterocycles. The van der Waals surface area contributed by atoms with Gasteiger partial charge in [0.05, 0.1) is 36.9 Å². The molecule has 2 aliphatic heterocycles. The predicted octanol–water partition coefficient (Wildman–Crippen LogP) is 0.194. The quantitative estimate of drug-likeness (QED) is 0.863. The topological polar surface area (TPSA) is 68.6 Å². The van der Waals surface area contributed by atoms with E-state index in [0.29, 0.717) is 18.7 Å². The number of nitrogens with zero attached hydrogens (tertiary/aromatic N) is 3. The fraction of sp³-hybridized carbons (Fsp3) is 0.500. The summed E-state index contributed by atoms with van der Waals surface area (Å²) in [5.41, 5.74) is 1.76. The van der Waals surface area contributed by atoms with Crippen molar-refractivity contribution in [2.75, 3.05) is 44.7 Å². The molecular weight excluding hydrogens is 280 g/mol. The first-order valence-corrected chi connectivity index (χ1v) is 7.52. The van der Waals surface area contributed by atoms with Crippen molar-refractivity contribution in [1.29, 1.82) is 5.26 Å². The number of hydrogen-bond donors (Lipinski definition) is 1. The maximum absolute atomic E-state index is 11.7. The van der Waals surface area contributed by atoms with Crippen LogP contribution in [0.15, 0.2) is 24.3 Å². The number of fused-ring (bicyclic) bond motifs is 1. The molecule has 0 aliphatic carbocycles. The molecule has 2 fully saturated rings. The predicted molar refractivity (Wildman–Crippen MR) is 82.5 cm³/mol. The van der Waals surface area contributed by atoms with Crippen molar-refractivity contribution >= 4 is 11.6 Å². The number of nitrogens with one attached hydrogen (secondary N) is 1. The zero-order chi connectivity index (χ0) is 15.5. The van der Waals surface area contributed by atoms with Crippen LogP contribution in [0.5, 0.6) is 0 Å². The molecule has 0 saturated carbocycles. The van der Waals surface area contributed by atoms with Crippen LogP contribution in [0, 0.1) is 11.3 Å². The zero-order valence-electron chi connectivity index (χ0n) is 12.7. The molecule has 2 atom stereocenters. The summed E-state index contributed by atoms with van der Waals surface area (Å²) in [4.78, 5) is 16.1. The van der Waals surface area contributed by atoms with E-state index in [1.165, 1.54) is 0 Å². The van der Waals surface area contributed by atoms with Crippen LogP contribution in [-0.4, -0.2) is 62.8 Å². The summed E-state index contributed by atoms with van der Waals surface area (Å²) < 4.78 is 5.88. The molecule has 0 unspecified atom stereocenters. The molecule has 1 amide bonds. The Hall–Kier alpha value is -2.10. The third-order valence-corrected chi connectivity index (χ3v) is 4.40. The van der Waals surface area contributed by atoms with Gasteiger partial charge in [-0.15, -0.1) is 0 Å². The van der Waals surface area contributed by atoms with E-state index in [1.807, 2.05) is 24.3 Å². The third-order valence-electron chi connectivity index (χ3n) is 4.40. The lowest BCUT2D eigenvalue weighted by Crippen LogP contribution is -2.53. The van der Waals surface area contributed by atoms with Crippen LogP contribution < -0.4 is 10.2 Å². The minimum atomic E-state index is 0.0393. The standard InChI is InChI=1S/C16H20N4O2/c1-18-16(21)11-19-6-7-22-15-10-20(9-14(15)19)13-4-2-12(8-17)3-5-13/h2-5,14-15H,6-7,9-11H2,1H3,(H,18,21)/t14-,15+/m0/s1. The third kappa shape index (κ3) is 2.91. The Bertz CT molecular complexity index is 581. The van der Waals surface area contributed by atoms with Crippen molar-refractivity contribution in [2.24, 2.45) is 0 Å². The maximum Gasteiger partial charge on any atom is 0.233 e. The number of anilines is 1. The van der Waals surface area contributed by atoms with Crippen LogP contribution in [0.2, 0.25) is 0 Å². The van der Waals surface area contributed by atoms with Crippen LogP contribution in [0.25, 0.3) is 0 Å². The molecule has 1 aromatic carbocycles. The van der Waals surface area contributed by atoms with Crippen molar-refractivity contribution < 1.29 is 9.53 Å². The van der Waals surface area contributed by atoms with E-state index in [4.69, 9.17) is 10.00 Å². The largest absolute Gasteiger partial charge is 0.373 e. The van der Waals surface area contributed by atoms with Gasteiger partial charge in [-0.2, -0.15) is 5.26 Å². The van der Waals surface area contributed by atoms with Crippen molar-refractivity contribution in [2.45, 2.75) is 12.1 Å². The van der Waals surface area contributed by atoms with Gasteiger partial charge in [0.25, 0.3) is 0 Å². The summed E-state index contributed by atoms with van der Waals surface area (Å²) in [5.74, 6) is 0.0393. The highest BCUT2D eigenvalue weighted by Gasteiger charge is 2.40. The molecule has 2 heterocycles. The highest BCUT2D eigenvalue weighted by Crippen LogP contribution is 2.27. The van der Waals surface area contributed by atoms with Crippen LogP contribution in [0.3, 0.4) is 0 Å². The van der Waals surface area contributed by atoms with E-state index in [9.17, 15) is 4.79 Å². The Kier molecular flexibility index (Phi) is 4.27. The number of amides is 1. The summed E-state index contributed by atoms with van der Waals surface area (Å²) >= 11 is 0. The number of carbonyl (C=O) groups excluding carboxylic acids is 1. The normalized spacial score (nSPS) is 24.6. The summed E-state index contributed by atoms with van der Waals surface area (Å²) in [6.45, 7) is 3.53. The molecule has 0 radical (unpaired) electrons. The smallest absolute Gasteiger partial charge is 0.233 e. The number of benzene rings is 1. The number of nitriles is 1. The summed E-state index contributed by atoms with van der Waals surface area (Å²) in [6, 6.07) is 9.98. The van der Waals surface area contributed by atoms with Crippen molar-refractivity contribution in [3.05, 3.63) is 29.8 Å². The number of morpholine rings is 1. The second-order valence-electron chi connectivity index (χ2n) is 5.68. The minimum absolute atomic E-state index is 0.0393. The first-order valence-electron chi connectivity index (χ1n) is 7.52. The molecule has 22 heavy (non-hydrogen) atoms. The van der Waals surface area contributed by atoms with Gasteiger partial charge in [0.1, 0.15) is 0 Å². The Labute approximate surface area is 130 Å². The monoisotopic (exact) mass is 300 g/mol. The summed E-state index contributed by atoms with van der Waals surface area (Å²) in [7, 11) is 1.66. The van der Waals surface area contributed by atoms with E-state index in [0.717, 1.165) is 25.3 Å². The molecule has 6 nitrogen and oxygen atoms in total. The van der Waals surface area contributed by atoms with Gasteiger partial charge in [0.15, 0.2) is 0 Å². The Morgan fingerprint density at radius 3 is 2.86 bits per heavy atom. The first kappa shape index (κ1) is 14.8. The van der Waals surface area contributed by atoms with Crippen LogP contribution >= 0.6 is 0 Å². The van der Waals surface area contributed by atoms with Crippen LogP contribution in [-0.2, 0) is 9.53 Å². The minimum Gasteiger partial charge on any atom is -0.373 e. The number of hydrogen-bond acceptors (Lipinski definition) is 5. The van der Waals surface area contributed by atoms with Gasteiger partial charge >= 0.3 is 0 Å². The second-order valence-corrected chi connectivity index (χ2v) is 5.68. The van der Waals surface area contributed by atoms with Gasteiger partial charge in [-0.05, 0) is 24.3 Å². The molecule has 116 valence electrons. The molecular formula is C16H20N4O2. The number of carbonyl (C=O) groups is 1. The average Bonchev–Trinajstić information content (AvgIpc) is 3.00. The fourth-order valence-corrected chi connectivity index (χ4v) is 3.18. The molecule has 2 aliphatic rings. The van der Waals surface area contributed by atoms with Crippen molar-refractivity contribution in [1.82, 2.24) is 10.2 Å². The van der Waals surface area contributed by atoms with Crippen molar-refractivity contribution in [3.8, 4) is 6.07 Å². The van der Waals surface area contributed by atoms with E-state index in [2.05, 4.69) is 21.2 Å². The fourth-order valence-electron chi connectivity index (χ4n) is 3.18.